The number of rotatable bonds is 6. The maximum atomic E-state index is 12.5. The minimum absolute atomic E-state index is 0.136. The summed E-state index contributed by atoms with van der Waals surface area (Å²) in [5.74, 6) is 0. The number of nitrogens with one attached hydrogen (secondary N) is 1. The van der Waals surface area contributed by atoms with Crippen molar-refractivity contribution in [2.24, 2.45) is 0 Å². The minimum Gasteiger partial charge on any atom is -0.415 e. The molecule has 0 aromatic carbocycles. The van der Waals surface area contributed by atoms with Gasteiger partial charge in [-0.1, -0.05) is 20.8 Å². The number of thiazole rings is 1. The zero-order valence-corrected chi connectivity index (χ0v) is 18.6. The molecule has 134 valence electrons. The van der Waals surface area contributed by atoms with E-state index >= 15 is 0 Å². The zero-order chi connectivity index (χ0) is 18.1. The first-order chi connectivity index (χ1) is 10.2. The Bertz CT molecular complexity index is 545. The zero-order valence-electron chi connectivity index (χ0n) is 15.9. The summed E-state index contributed by atoms with van der Waals surface area (Å²) in [5, 5.41) is 3.12. The summed E-state index contributed by atoms with van der Waals surface area (Å²) >= 11 is 1.60. The molecule has 0 bridgehead atoms. The van der Waals surface area contributed by atoms with Crippen molar-refractivity contribution in [2.45, 2.75) is 77.4 Å². The van der Waals surface area contributed by atoms with E-state index in [2.05, 4.69) is 43.6 Å². The summed E-state index contributed by atoms with van der Waals surface area (Å²) < 4.78 is 21.8. The first-order valence-electron chi connectivity index (χ1n) is 7.98. The maximum absolute atomic E-state index is 12.5. The highest BCUT2D eigenvalue weighted by molar-refractivity contribution is 7.84. The van der Waals surface area contributed by atoms with Crippen molar-refractivity contribution in [3.05, 3.63) is 16.1 Å². The molecule has 0 aliphatic carbocycles. The van der Waals surface area contributed by atoms with Gasteiger partial charge in [-0.25, -0.2) is 13.9 Å². The number of aromatic nitrogens is 1. The molecule has 0 fully saturated rings. The first-order valence-corrected chi connectivity index (χ1v) is 12.9. The predicted octanol–water partition coefficient (Wildman–Crippen LogP) is 4.57. The van der Waals surface area contributed by atoms with Crippen LogP contribution in [-0.4, -0.2) is 28.9 Å². The second kappa shape index (κ2) is 7.43. The van der Waals surface area contributed by atoms with Gasteiger partial charge in [0, 0.05) is 11.1 Å². The first kappa shape index (κ1) is 21.0. The smallest absolute Gasteiger partial charge is 0.192 e. The van der Waals surface area contributed by atoms with Crippen LogP contribution in [0.1, 0.15) is 58.3 Å². The molecule has 1 rings (SSSR count). The Morgan fingerprint density at radius 1 is 1.30 bits per heavy atom. The molecule has 0 saturated heterocycles. The van der Waals surface area contributed by atoms with Crippen LogP contribution in [0.15, 0.2) is 5.38 Å². The molecule has 0 unspecified atom stereocenters. The van der Waals surface area contributed by atoms with Gasteiger partial charge in [-0.2, -0.15) is 0 Å². The van der Waals surface area contributed by atoms with Gasteiger partial charge in [-0.15, -0.1) is 11.3 Å². The number of hydrogen-bond donors (Lipinski definition) is 1. The number of aryl methyl sites for hydroxylation is 1. The SMILES string of the molecule is Cc1csc([C@H](CO[Si](C)(C)C(C)(C)C)N[S@@](=O)C(C)(C)C)n1. The third kappa shape index (κ3) is 6.05. The van der Waals surface area contributed by atoms with Crippen LogP contribution >= 0.6 is 11.3 Å². The van der Waals surface area contributed by atoms with E-state index in [4.69, 9.17) is 4.43 Å². The second-order valence-corrected chi connectivity index (χ2v) is 16.1. The largest absolute Gasteiger partial charge is 0.415 e. The Balaban J connectivity index is 2.91. The third-order valence-electron chi connectivity index (χ3n) is 4.16. The summed E-state index contributed by atoms with van der Waals surface area (Å²) in [6.45, 7) is 19.5. The molecule has 7 heteroatoms. The normalized spacial score (nSPS) is 16.4. The Morgan fingerprint density at radius 3 is 2.26 bits per heavy atom. The lowest BCUT2D eigenvalue weighted by atomic mass is 10.2. The highest BCUT2D eigenvalue weighted by Crippen LogP contribution is 2.37. The summed E-state index contributed by atoms with van der Waals surface area (Å²) in [4.78, 5) is 4.57. The van der Waals surface area contributed by atoms with Crippen molar-refractivity contribution in [1.82, 2.24) is 9.71 Å². The van der Waals surface area contributed by atoms with Crippen LogP contribution in [0.2, 0.25) is 18.1 Å². The standard InChI is InChI=1S/C16H32N2O2S2Si/c1-12-11-21-14(17-12)13(18-22(19)15(2,3)4)10-20-23(8,9)16(5,6)7/h11,13,18H,10H2,1-9H3/t13-,22-/m0/s1. The molecule has 0 spiro atoms. The van der Waals surface area contributed by atoms with Gasteiger partial charge < -0.3 is 4.43 Å². The van der Waals surface area contributed by atoms with E-state index in [9.17, 15) is 4.21 Å². The number of nitrogens with zero attached hydrogens (tertiary/aromatic N) is 1. The van der Waals surface area contributed by atoms with E-state index < -0.39 is 19.3 Å². The summed E-state index contributed by atoms with van der Waals surface area (Å²) in [7, 11) is -3.01. The third-order valence-corrected chi connectivity index (χ3v) is 11.3. The fraction of sp³-hybridized carbons (Fsp3) is 0.812. The minimum atomic E-state index is -1.85. The molecule has 1 heterocycles. The van der Waals surface area contributed by atoms with Crippen LogP contribution in [0.3, 0.4) is 0 Å². The van der Waals surface area contributed by atoms with Crippen LogP contribution in [0.5, 0.6) is 0 Å². The molecule has 1 aromatic heterocycles. The highest BCUT2D eigenvalue weighted by Gasteiger charge is 2.38. The molecule has 23 heavy (non-hydrogen) atoms. The van der Waals surface area contributed by atoms with Crippen molar-refractivity contribution in [3.8, 4) is 0 Å². The van der Waals surface area contributed by atoms with E-state index in [1.807, 2.05) is 33.1 Å². The van der Waals surface area contributed by atoms with Crippen molar-refractivity contribution in [3.63, 3.8) is 0 Å². The maximum Gasteiger partial charge on any atom is 0.192 e. The summed E-state index contributed by atoms with van der Waals surface area (Å²) in [6.07, 6.45) is 0. The van der Waals surface area contributed by atoms with Gasteiger partial charge >= 0.3 is 0 Å². The van der Waals surface area contributed by atoms with E-state index in [1.165, 1.54) is 0 Å². The molecular weight excluding hydrogens is 344 g/mol. The monoisotopic (exact) mass is 376 g/mol. The van der Waals surface area contributed by atoms with Gasteiger partial charge in [0.25, 0.3) is 0 Å². The molecular formula is C16H32N2O2S2Si. The Morgan fingerprint density at radius 2 is 1.87 bits per heavy atom. The van der Waals surface area contributed by atoms with Crippen LogP contribution in [0, 0.1) is 6.92 Å². The van der Waals surface area contributed by atoms with Crippen LogP contribution in [0.25, 0.3) is 0 Å². The molecule has 1 N–H and O–H groups in total. The second-order valence-electron chi connectivity index (χ2n) is 8.45. The van der Waals surface area contributed by atoms with Gasteiger partial charge in [0.1, 0.15) is 5.01 Å². The van der Waals surface area contributed by atoms with Gasteiger partial charge in [0.2, 0.25) is 0 Å². The molecule has 0 saturated carbocycles. The molecule has 0 aliphatic rings. The van der Waals surface area contributed by atoms with Gasteiger partial charge in [0.05, 0.1) is 28.4 Å². The summed E-state index contributed by atoms with van der Waals surface area (Å²) in [6, 6.07) is -0.136. The van der Waals surface area contributed by atoms with Crippen LogP contribution < -0.4 is 4.72 Å². The highest BCUT2D eigenvalue weighted by atomic mass is 32.2. The lowest BCUT2D eigenvalue weighted by molar-refractivity contribution is 0.257. The van der Waals surface area contributed by atoms with Crippen LogP contribution in [-0.2, 0) is 15.4 Å². The average Bonchev–Trinajstić information content (AvgIpc) is 2.78. The van der Waals surface area contributed by atoms with Gasteiger partial charge in [-0.05, 0) is 45.8 Å². The van der Waals surface area contributed by atoms with Crippen molar-refractivity contribution in [2.75, 3.05) is 6.61 Å². The molecule has 1 aromatic rings. The predicted molar refractivity (Wildman–Crippen MR) is 104 cm³/mol. The van der Waals surface area contributed by atoms with E-state index in [1.54, 1.807) is 11.3 Å². The number of hydrogen-bond acceptors (Lipinski definition) is 4. The van der Waals surface area contributed by atoms with Crippen LogP contribution in [0.4, 0.5) is 0 Å². The Labute approximate surface area is 149 Å². The van der Waals surface area contributed by atoms with Crippen molar-refractivity contribution >= 4 is 30.6 Å². The average molecular weight is 377 g/mol. The lowest BCUT2D eigenvalue weighted by Gasteiger charge is -2.37. The fourth-order valence-corrected chi connectivity index (χ4v) is 4.22. The fourth-order valence-electron chi connectivity index (χ4n) is 1.50. The molecule has 4 nitrogen and oxygen atoms in total. The van der Waals surface area contributed by atoms with E-state index in [0.717, 1.165) is 10.7 Å². The van der Waals surface area contributed by atoms with Crippen molar-refractivity contribution in [1.29, 1.82) is 0 Å². The topological polar surface area (TPSA) is 51.2 Å². The quantitative estimate of drug-likeness (QED) is 0.740. The molecule has 0 aliphatic heterocycles. The Kier molecular flexibility index (Phi) is 6.77. The van der Waals surface area contributed by atoms with Gasteiger partial charge in [-0.3, -0.25) is 0 Å². The summed E-state index contributed by atoms with van der Waals surface area (Å²) in [5.41, 5.74) is 0.991. The Hall–Kier alpha value is -0.0831. The molecule has 0 radical (unpaired) electrons. The lowest BCUT2D eigenvalue weighted by Crippen LogP contribution is -2.44. The van der Waals surface area contributed by atoms with Crippen molar-refractivity contribution < 1.29 is 8.63 Å². The molecule has 0 amide bonds. The van der Waals surface area contributed by atoms with Gasteiger partial charge in [0.15, 0.2) is 8.32 Å². The van der Waals surface area contributed by atoms with E-state index in [-0.39, 0.29) is 15.8 Å². The molecule has 2 atom stereocenters. The van der Waals surface area contributed by atoms with E-state index in [0.29, 0.717) is 6.61 Å².